The summed E-state index contributed by atoms with van der Waals surface area (Å²) in [7, 11) is 0. The number of para-hydroxylation sites is 1. The Morgan fingerprint density at radius 3 is 2.45 bits per heavy atom. The molecule has 0 unspecified atom stereocenters. The van der Waals surface area contributed by atoms with Crippen LogP contribution < -0.4 is 10.2 Å². The average Bonchev–Trinajstić information content (AvgIpc) is 2.70. The third-order valence-electron chi connectivity index (χ3n) is 4.06. The van der Waals surface area contributed by atoms with Gasteiger partial charge in [-0.15, -0.1) is 0 Å². The molecule has 3 aromatic rings. The van der Waals surface area contributed by atoms with Gasteiger partial charge in [0.2, 0.25) is 0 Å². The Hall–Kier alpha value is -3.45. The summed E-state index contributed by atoms with van der Waals surface area (Å²) < 4.78 is 6.28. The molecule has 7 heteroatoms. The van der Waals surface area contributed by atoms with Crippen molar-refractivity contribution in [1.82, 2.24) is 5.43 Å². The summed E-state index contributed by atoms with van der Waals surface area (Å²) in [6, 6.07) is 18.3. The number of nitrogens with zero attached hydrogens (tertiary/aromatic N) is 1. The molecular weight excluding hydrogens is 436 g/mol. The molecule has 146 valence electrons. The third-order valence-corrected chi connectivity index (χ3v) is 4.55. The number of ether oxygens (including phenoxy) is 1. The highest BCUT2D eigenvalue weighted by Gasteiger charge is 2.14. The minimum absolute atomic E-state index is 0.102. The van der Waals surface area contributed by atoms with Crippen LogP contribution in [-0.2, 0) is 0 Å². The molecule has 0 aliphatic carbocycles. The van der Waals surface area contributed by atoms with E-state index in [1.165, 1.54) is 18.3 Å². The maximum absolute atomic E-state index is 12.5. The van der Waals surface area contributed by atoms with Gasteiger partial charge in [0.05, 0.1) is 17.3 Å². The number of aryl methyl sites for hydroxylation is 1. The molecule has 0 saturated heterocycles. The number of carbonyl (C=O) groups is 2. The fourth-order valence-corrected chi connectivity index (χ4v) is 2.94. The highest BCUT2D eigenvalue weighted by Crippen LogP contribution is 2.23. The van der Waals surface area contributed by atoms with E-state index < -0.39 is 11.9 Å². The smallest absolute Gasteiger partial charge is 0.343 e. The summed E-state index contributed by atoms with van der Waals surface area (Å²) in [6.07, 6.45) is 1.36. The van der Waals surface area contributed by atoms with Gasteiger partial charge in [0.25, 0.3) is 5.91 Å². The van der Waals surface area contributed by atoms with Crippen LogP contribution in [0.25, 0.3) is 0 Å². The van der Waals surface area contributed by atoms with E-state index in [9.17, 15) is 14.7 Å². The number of hydrogen-bond donors (Lipinski definition) is 2. The standard InChI is InChI=1S/C22H17BrN2O4/c1-14-6-2-3-7-17(14)22(28)29-20-11-10-16(23)12-15(20)13-24-25-21(27)18-8-4-5-9-19(18)26/h2-13,26H,1H3,(H,25,27)/b24-13+. The molecule has 0 radical (unpaired) electrons. The molecule has 0 aliphatic heterocycles. The summed E-state index contributed by atoms with van der Waals surface area (Å²) >= 11 is 3.36. The Bertz CT molecular complexity index is 1100. The molecule has 0 saturated carbocycles. The van der Waals surface area contributed by atoms with E-state index in [4.69, 9.17) is 4.74 Å². The zero-order valence-electron chi connectivity index (χ0n) is 15.4. The van der Waals surface area contributed by atoms with Crippen LogP contribution in [0.15, 0.2) is 76.3 Å². The van der Waals surface area contributed by atoms with Crippen molar-refractivity contribution in [1.29, 1.82) is 0 Å². The molecular formula is C22H17BrN2O4. The topological polar surface area (TPSA) is 88.0 Å². The number of carbonyl (C=O) groups excluding carboxylic acids is 2. The van der Waals surface area contributed by atoms with Crippen molar-refractivity contribution in [3.8, 4) is 11.5 Å². The van der Waals surface area contributed by atoms with Crippen molar-refractivity contribution in [2.45, 2.75) is 6.92 Å². The Balaban J connectivity index is 1.77. The summed E-state index contributed by atoms with van der Waals surface area (Å²) in [5.41, 5.74) is 4.20. The number of phenolic OH excluding ortho intramolecular Hbond substituents is 1. The minimum Gasteiger partial charge on any atom is -0.507 e. The normalized spacial score (nSPS) is 10.7. The summed E-state index contributed by atoms with van der Waals surface area (Å²) in [5, 5.41) is 13.6. The van der Waals surface area contributed by atoms with Crippen LogP contribution in [0.5, 0.6) is 11.5 Å². The molecule has 0 aliphatic rings. The van der Waals surface area contributed by atoms with Crippen LogP contribution in [0.1, 0.15) is 31.8 Å². The van der Waals surface area contributed by atoms with Gasteiger partial charge in [0.15, 0.2) is 0 Å². The summed E-state index contributed by atoms with van der Waals surface area (Å²) in [4.78, 5) is 24.6. The van der Waals surface area contributed by atoms with Crippen molar-refractivity contribution in [3.63, 3.8) is 0 Å². The van der Waals surface area contributed by atoms with Gasteiger partial charge < -0.3 is 9.84 Å². The van der Waals surface area contributed by atoms with Crippen molar-refractivity contribution < 1.29 is 19.4 Å². The van der Waals surface area contributed by atoms with Gasteiger partial charge >= 0.3 is 5.97 Å². The first-order chi connectivity index (χ1) is 14.0. The fourth-order valence-electron chi connectivity index (χ4n) is 2.56. The highest BCUT2D eigenvalue weighted by atomic mass is 79.9. The third kappa shape index (κ3) is 5.08. The maximum atomic E-state index is 12.5. The lowest BCUT2D eigenvalue weighted by Crippen LogP contribution is -2.18. The van der Waals surface area contributed by atoms with Crippen LogP contribution in [0.2, 0.25) is 0 Å². The van der Waals surface area contributed by atoms with Gasteiger partial charge in [0.1, 0.15) is 11.5 Å². The molecule has 0 spiro atoms. The number of halogens is 1. The molecule has 0 heterocycles. The number of hydrogen-bond acceptors (Lipinski definition) is 5. The van der Waals surface area contributed by atoms with Crippen molar-refractivity contribution >= 4 is 34.0 Å². The Morgan fingerprint density at radius 2 is 1.72 bits per heavy atom. The number of aromatic hydroxyl groups is 1. The largest absolute Gasteiger partial charge is 0.507 e. The fraction of sp³-hybridized carbons (Fsp3) is 0.0455. The zero-order chi connectivity index (χ0) is 20.8. The van der Waals surface area contributed by atoms with Crippen molar-refractivity contribution in [2.75, 3.05) is 0 Å². The van der Waals surface area contributed by atoms with Crippen LogP contribution in [0, 0.1) is 6.92 Å². The van der Waals surface area contributed by atoms with Crippen LogP contribution in [0.3, 0.4) is 0 Å². The number of benzene rings is 3. The number of amides is 1. The van der Waals surface area contributed by atoms with Crippen molar-refractivity contribution in [2.24, 2.45) is 5.10 Å². The predicted octanol–water partition coefficient (Wildman–Crippen LogP) is 4.45. The average molecular weight is 453 g/mol. The second-order valence-electron chi connectivity index (χ2n) is 6.10. The SMILES string of the molecule is Cc1ccccc1C(=O)Oc1ccc(Br)cc1/C=N/NC(=O)c1ccccc1O. The van der Waals surface area contributed by atoms with E-state index in [1.807, 2.05) is 19.1 Å². The van der Waals surface area contributed by atoms with Gasteiger partial charge in [-0.25, -0.2) is 10.2 Å². The zero-order valence-corrected chi connectivity index (χ0v) is 17.0. The van der Waals surface area contributed by atoms with E-state index in [-0.39, 0.29) is 11.3 Å². The van der Waals surface area contributed by atoms with Gasteiger partial charge in [-0.3, -0.25) is 4.79 Å². The number of esters is 1. The molecule has 0 bridgehead atoms. The lowest BCUT2D eigenvalue weighted by Gasteiger charge is -2.09. The lowest BCUT2D eigenvalue weighted by molar-refractivity contribution is 0.0733. The molecule has 2 N–H and O–H groups in total. The molecule has 3 rings (SSSR count). The van der Waals surface area contributed by atoms with Crippen LogP contribution in [0.4, 0.5) is 0 Å². The maximum Gasteiger partial charge on any atom is 0.343 e. The van der Waals surface area contributed by atoms with Gasteiger partial charge in [-0.1, -0.05) is 46.3 Å². The Labute approximate surface area is 176 Å². The lowest BCUT2D eigenvalue weighted by atomic mass is 10.1. The molecule has 1 amide bonds. The summed E-state index contributed by atoms with van der Waals surface area (Å²) in [6.45, 7) is 1.83. The van der Waals surface area contributed by atoms with Gasteiger partial charge in [-0.05, 0) is 48.9 Å². The molecule has 6 nitrogen and oxygen atoms in total. The van der Waals surface area contributed by atoms with E-state index in [1.54, 1.807) is 42.5 Å². The van der Waals surface area contributed by atoms with Gasteiger partial charge in [-0.2, -0.15) is 5.10 Å². The first-order valence-electron chi connectivity index (χ1n) is 8.64. The van der Waals surface area contributed by atoms with E-state index >= 15 is 0 Å². The number of nitrogens with one attached hydrogen (secondary N) is 1. The first-order valence-corrected chi connectivity index (χ1v) is 9.44. The Morgan fingerprint density at radius 1 is 1.03 bits per heavy atom. The second-order valence-corrected chi connectivity index (χ2v) is 7.02. The van der Waals surface area contributed by atoms with Crippen molar-refractivity contribution in [3.05, 3.63) is 93.5 Å². The minimum atomic E-state index is -0.562. The number of phenols is 1. The molecule has 0 fully saturated rings. The molecule has 0 atom stereocenters. The summed E-state index contributed by atoms with van der Waals surface area (Å²) in [5.74, 6) is -0.899. The monoisotopic (exact) mass is 452 g/mol. The van der Waals surface area contributed by atoms with Crippen LogP contribution >= 0.6 is 15.9 Å². The van der Waals surface area contributed by atoms with Crippen LogP contribution in [-0.4, -0.2) is 23.2 Å². The van der Waals surface area contributed by atoms with Gasteiger partial charge in [0, 0.05) is 10.0 Å². The highest BCUT2D eigenvalue weighted by molar-refractivity contribution is 9.10. The number of hydrazone groups is 1. The molecule has 0 aromatic heterocycles. The van der Waals surface area contributed by atoms with E-state index in [2.05, 4.69) is 26.5 Å². The second kappa shape index (κ2) is 9.16. The number of rotatable bonds is 5. The predicted molar refractivity (Wildman–Crippen MR) is 113 cm³/mol. The van der Waals surface area contributed by atoms with E-state index in [0.717, 1.165) is 10.0 Å². The molecule has 3 aromatic carbocycles. The molecule has 29 heavy (non-hydrogen) atoms. The quantitative estimate of drug-likeness (QED) is 0.259. The first kappa shape index (κ1) is 20.3. The Kier molecular flexibility index (Phi) is 6.41. The van der Waals surface area contributed by atoms with E-state index in [0.29, 0.717) is 16.9 Å².